The molecular formula is C12H15O15P3. The molecule has 1 aromatic rings. The SMILES string of the molecule is COP(=O)(O)OC(=O)c1cc(C(=O)OP(=O)(O)OC)cc(C(=O)OP(=O)(O)OC)c1. The van der Waals surface area contributed by atoms with E-state index in [0.717, 1.165) is 21.3 Å². The average molecular weight is 492 g/mol. The maximum Gasteiger partial charge on any atom is 0.529 e. The van der Waals surface area contributed by atoms with E-state index in [2.05, 4.69) is 27.1 Å². The molecule has 0 spiro atoms. The molecule has 0 aliphatic carbocycles. The molecule has 0 saturated heterocycles. The maximum absolute atomic E-state index is 12.1. The number of hydrogen-bond donors (Lipinski definition) is 3. The van der Waals surface area contributed by atoms with Crippen molar-refractivity contribution >= 4 is 41.4 Å². The van der Waals surface area contributed by atoms with Crippen LogP contribution in [0.2, 0.25) is 0 Å². The molecule has 3 N–H and O–H groups in total. The quantitative estimate of drug-likeness (QED) is 0.415. The maximum atomic E-state index is 12.1. The highest BCUT2D eigenvalue weighted by Crippen LogP contribution is 2.45. The molecule has 168 valence electrons. The predicted molar refractivity (Wildman–Crippen MR) is 93.2 cm³/mol. The molecule has 15 nitrogen and oxygen atoms in total. The van der Waals surface area contributed by atoms with Crippen molar-refractivity contribution in [1.82, 2.24) is 0 Å². The highest BCUT2D eigenvalue weighted by Gasteiger charge is 2.31. The minimum atomic E-state index is -4.84. The lowest BCUT2D eigenvalue weighted by Crippen LogP contribution is -2.12. The zero-order chi connectivity index (χ0) is 23.3. The Hall–Kier alpha value is -1.92. The summed E-state index contributed by atoms with van der Waals surface area (Å²) in [6.07, 6.45) is 0. The van der Waals surface area contributed by atoms with Crippen LogP contribution in [-0.2, 0) is 40.8 Å². The van der Waals surface area contributed by atoms with Gasteiger partial charge in [0, 0.05) is 21.3 Å². The Morgan fingerprint density at radius 3 is 0.967 bits per heavy atom. The Kier molecular flexibility index (Phi) is 8.64. The molecule has 1 rings (SSSR count). The van der Waals surface area contributed by atoms with Crippen molar-refractivity contribution in [2.45, 2.75) is 0 Å². The summed E-state index contributed by atoms with van der Waals surface area (Å²) in [6.45, 7) is 0. The number of carbonyl (C=O) groups excluding carboxylic acids is 3. The zero-order valence-corrected chi connectivity index (χ0v) is 18.0. The van der Waals surface area contributed by atoms with Gasteiger partial charge in [-0.1, -0.05) is 0 Å². The lowest BCUT2D eigenvalue weighted by molar-refractivity contribution is 0.0656. The Balaban J connectivity index is 3.44. The van der Waals surface area contributed by atoms with E-state index in [4.69, 9.17) is 0 Å². The molecule has 1 aromatic carbocycles. The number of phosphoric acid groups is 3. The first-order valence-corrected chi connectivity index (χ1v) is 11.7. The van der Waals surface area contributed by atoms with Gasteiger partial charge in [0.2, 0.25) is 0 Å². The van der Waals surface area contributed by atoms with E-state index in [1.165, 1.54) is 0 Å². The van der Waals surface area contributed by atoms with Gasteiger partial charge in [-0.05, 0) is 18.2 Å². The lowest BCUT2D eigenvalue weighted by atomic mass is 10.1. The van der Waals surface area contributed by atoms with Crippen molar-refractivity contribution in [3.05, 3.63) is 34.9 Å². The minimum absolute atomic E-state index is 0.654. The first-order valence-electron chi connectivity index (χ1n) is 7.17. The second-order valence-corrected chi connectivity index (χ2v) is 9.34. The Morgan fingerprint density at radius 2 is 0.800 bits per heavy atom. The minimum Gasteiger partial charge on any atom is -0.367 e. The van der Waals surface area contributed by atoms with E-state index < -0.39 is 58.1 Å². The summed E-state index contributed by atoms with van der Waals surface area (Å²) in [7, 11) is -12.3. The van der Waals surface area contributed by atoms with Crippen LogP contribution in [0, 0.1) is 0 Å². The first-order chi connectivity index (χ1) is 13.6. The molecule has 0 radical (unpaired) electrons. The van der Waals surface area contributed by atoms with Crippen molar-refractivity contribution in [3.63, 3.8) is 0 Å². The van der Waals surface area contributed by atoms with Crippen LogP contribution in [0.4, 0.5) is 0 Å². The molecular weight excluding hydrogens is 477 g/mol. The normalized spacial score (nSPS) is 17.0. The van der Waals surface area contributed by atoms with Crippen LogP contribution in [0.25, 0.3) is 0 Å². The van der Waals surface area contributed by atoms with Gasteiger partial charge in [0.15, 0.2) is 0 Å². The first kappa shape index (κ1) is 26.1. The van der Waals surface area contributed by atoms with Gasteiger partial charge in [0.25, 0.3) is 0 Å². The van der Waals surface area contributed by atoms with Gasteiger partial charge in [-0.15, -0.1) is 0 Å². The molecule has 18 heteroatoms. The van der Waals surface area contributed by atoms with Gasteiger partial charge in [0.05, 0.1) is 16.7 Å². The predicted octanol–water partition coefficient (Wildman–Crippen LogP) is 1.40. The molecule has 0 amide bonds. The van der Waals surface area contributed by atoms with Gasteiger partial charge in [-0.25, -0.2) is 28.1 Å². The van der Waals surface area contributed by atoms with Crippen LogP contribution in [0.3, 0.4) is 0 Å². The second kappa shape index (κ2) is 9.92. The van der Waals surface area contributed by atoms with E-state index in [0.29, 0.717) is 18.2 Å². The Bertz CT molecular complexity index is 849. The number of benzene rings is 1. The summed E-state index contributed by atoms with van der Waals surface area (Å²) in [5.74, 6) is -4.74. The summed E-state index contributed by atoms with van der Waals surface area (Å²) >= 11 is 0. The zero-order valence-electron chi connectivity index (χ0n) is 15.3. The van der Waals surface area contributed by atoms with Crippen molar-refractivity contribution in [1.29, 1.82) is 0 Å². The third kappa shape index (κ3) is 7.73. The number of carbonyl (C=O) groups is 3. The lowest BCUT2D eigenvalue weighted by Gasteiger charge is -2.13. The standard InChI is InChI=1S/C12H15O15P3/c1-22-28(16,17)25-10(13)7-4-8(11(14)26-29(18,19)23-2)6-9(5-7)12(15)27-30(20,21)24-3/h4-6H,1-3H3,(H,16,17)(H,18,19)(H,20,21). The van der Waals surface area contributed by atoms with Crippen molar-refractivity contribution in [2.75, 3.05) is 21.3 Å². The van der Waals surface area contributed by atoms with Crippen molar-refractivity contribution < 1.29 is 69.9 Å². The fraction of sp³-hybridized carbons (Fsp3) is 0.250. The summed E-state index contributed by atoms with van der Waals surface area (Å²) in [6, 6.07) is 1.96. The summed E-state index contributed by atoms with van der Waals surface area (Å²) < 4.78 is 58.9. The molecule has 0 saturated carbocycles. The Morgan fingerprint density at radius 1 is 0.600 bits per heavy atom. The van der Waals surface area contributed by atoms with Crippen LogP contribution in [-0.4, -0.2) is 53.9 Å². The molecule has 0 aliphatic heterocycles. The molecule has 0 aliphatic rings. The molecule has 0 fully saturated rings. The van der Waals surface area contributed by atoms with E-state index >= 15 is 0 Å². The van der Waals surface area contributed by atoms with E-state index in [1.54, 1.807) is 0 Å². The van der Waals surface area contributed by atoms with Crippen LogP contribution in [0.5, 0.6) is 0 Å². The highest BCUT2D eigenvalue weighted by molar-refractivity contribution is 7.48. The average Bonchev–Trinajstić information content (AvgIpc) is 2.66. The monoisotopic (exact) mass is 492 g/mol. The van der Waals surface area contributed by atoms with Gasteiger partial charge >= 0.3 is 41.4 Å². The fourth-order valence-electron chi connectivity index (χ4n) is 1.57. The fourth-order valence-corrected chi connectivity index (χ4v) is 2.73. The van der Waals surface area contributed by atoms with Crippen LogP contribution < -0.4 is 0 Å². The van der Waals surface area contributed by atoms with Gasteiger partial charge in [-0.2, -0.15) is 0 Å². The summed E-state index contributed by atoms with van der Waals surface area (Å²) in [5.41, 5.74) is -2.21. The Labute approximate surface area is 168 Å². The van der Waals surface area contributed by atoms with E-state index in [9.17, 15) is 42.8 Å². The van der Waals surface area contributed by atoms with Gasteiger partial charge in [0.1, 0.15) is 0 Å². The topological polar surface area (TPSA) is 218 Å². The third-order valence-electron chi connectivity index (χ3n) is 2.93. The summed E-state index contributed by atoms with van der Waals surface area (Å²) in [5, 5.41) is 0. The molecule has 30 heavy (non-hydrogen) atoms. The number of hydrogen-bond acceptors (Lipinski definition) is 12. The second-order valence-electron chi connectivity index (χ2n) is 4.89. The smallest absolute Gasteiger partial charge is 0.367 e. The number of phosphoric ester groups is 3. The molecule has 3 atom stereocenters. The van der Waals surface area contributed by atoms with Crippen LogP contribution >= 0.6 is 23.5 Å². The highest BCUT2D eigenvalue weighted by atomic mass is 31.2. The van der Waals surface area contributed by atoms with Crippen molar-refractivity contribution in [3.8, 4) is 0 Å². The molecule has 0 bridgehead atoms. The van der Waals surface area contributed by atoms with Gasteiger partial charge in [-0.3, -0.25) is 28.3 Å². The van der Waals surface area contributed by atoms with E-state index in [1.807, 2.05) is 0 Å². The van der Waals surface area contributed by atoms with E-state index in [-0.39, 0.29) is 0 Å². The number of rotatable bonds is 9. The molecule has 3 unspecified atom stereocenters. The van der Waals surface area contributed by atoms with Crippen LogP contribution in [0.15, 0.2) is 18.2 Å². The van der Waals surface area contributed by atoms with Crippen LogP contribution in [0.1, 0.15) is 31.1 Å². The largest absolute Gasteiger partial charge is 0.529 e. The molecule has 0 aromatic heterocycles. The third-order valence-corrected chi connectivity index (χ3v) is 5.50. The van der Waals surface area contributed by atoms with Gasteiger partial charge < -0.3 is 13.6 Å². The summed E-state index contributed by atoms with van der Waals surface area (Å²) in [4.78, 5) is 63.8. The molecule has 0 heterocycles. The van der Waals surface area contributed by atoms with Crippen molar-refractivity contribution in [2.24, 2.45) is 0 Å².